The molecule has 0 spiro atoms. The number of amides is 1. The number of carbonyl (C=O) groups is 1. The minimum Gasteiger partial charge on any atom is -0.313 e. The SMILES string of the molecule is CS(=O)(=O)NCCCN[C@@H]1CCN(c2ccccc2)C(=O)C1. The topological polar surface area (TPSA) is 78.5 Å². The fraction of sp³-hybridized carbons (Fsp3) is 0.533. The summed E-state index contributed by atoms with van der Waals surface area (Å²) >= 11 is 0. The molecule has 7 heteroatoms. The minimum absolute atomic E-state index is 0.129. The average Bonchev–Trinajstić information content (AvgIpc) is 2.47. The van der Waals surface area contributed by atoms with Gasteiger partial charge in [0.2, 0.25) is 15.9 Å². The lowest BCUT2D eigenvalue weighted by Crippen LogP contribution is -2.46. The predicted octanol–water partition coefficient (Wildman–Crippen LogP) is 0.711. The van der Waals surface area contributed by atoms with Crippen LogP contribution in [0.3, 0.4) is 0 Å². The number of piperidine rings is 1. The Morgan fingerprint density at radius 1 is 1.23 bits per heavy atom. The van der Waals surface area contributed by atoms with Crippen molar-refractivity contribution in [3.8, 4) is 0 Å². The van der Waals surface area contributed by atoms with Gasteiger partial charge >= 0.3 is 0 Å². The summed E-state index contributed by atoms with van der Waals surface area (Å²) in [4.78, 5) is 14.0. The molecule has 22 heavy (non-hydrogen) atoms. The van der Waals surface area contributed by atoms with Crippen LogP contribution in [0, 0.1) is 0 Å². The molecule has 0 radical (unpaired) electrons. The van der Waals surface area contributed by atoms with Gasteiger partial charge in [0.15, 0.2) is 0 Å². The van der Waals surface area contributed by atoms with Crippen molar-refractivity contribution in [1.82, 2.24) is 10.0 Å². The Morgan fingerprint density at radius 2 is 1.95 bits per heavy atom. The Morgan fingerprint density at radius 3 is 2.59 bits per heavy atom. The highest BCUT2D eigenvalue weighted by molar-refractivity contribution is 7.88. The Kier molecular flexibility index (Phi) is 5.93. The smallest absolute Gasteiger partial charge is 0.228 e. The van der Waals surface area contributed by atoms with Crippen LogP contribution >= 0.6 is 0 Å². The molecule has 1 fully saturated rings. The quantitative estimate of drug-likeness (QED) is 0.724. The monoisotopic (exact) mass is 325 g/mol. The minimum atomic E-state index is -3.11. The molecule has 0 aromatic heterocycles. The number of carbonyl (C=O) groups excluding carboxylic acids is 1. The molecular formula is C15H23N3O3S. The number of nitrogens with one attached hydrogen (secondary N) is 2. The number of anilines is 1. The van der Waals surface area contributed by atoms with Gasteiger partial charge in [0.1, 0.15) is 0 Å². The second-order valence-electron chi connectivity index (χ2n) is 5.54. The third kappa shape index (κ3) is 5.40. The van der Waals surface area contributed by atoms with E-state index in [2.05, 4.69) is 10.0 Å². The van der Waals surface area contributed by atoms with E-state index >= 15 is 0 Å². The first-order valence-electron chi connectivity index (χ1n) is 7.49. The molecule has 2 N–H and O–H groups in total. The van der Waals surface area contributed by atoms with Gasteiger partial charge in [-0.3, -0.25) is 4.79 Å². The number of sulfonamides is 1. The summed E-state index contributed by atoms with van der Waals surface area (Å²) in [6.07, 6.45) is 3.24. The first-order chi connectivity index (χ1) is 10.5. The number of hydrogen-bond donors (Lipinski definition) is 2. The maximum absolute atomic E-state index is 12.2. The predicted molar refractivity (Wildman–Crippen MR) is 87.3 cm³/mol. The zero-order chi connectivity index (χ0) is 16.0. The van der Waals surface area contributed by atoms with Crippen molar-refractivity contribution >= 4 is 21.6 Å². The van der Waals surface area contributed by atoms with Crippen molar-refractivity contribution in [1.29, 1.82) is 0 Å². The molecule has 122 valence electrons. The molecule has 0 aliphatic carbocycles. The summed E-state index contributed by atoms with van der Waals surface area (Å²) < 4.78 is 24.3. The Bertz CT molecular complexity index is 589. The standard InChI is InChI=1S/C15H23N3O3S/c1-22(20,21)17-10-5-9-16-13-8-11-18(15(19)12-13)14-6-3-2-4-7-14/h2-4,6-7,13,16-17H,5,8-12H2,1H3/t13-/m1/s1. The first kappa shape index (κ1) is 16.9. The number of rotatable bonds is 7. The van der Waals surface area contributed by atoms with E-state index in [1.165, 1.54) is 0 Å². The fourth-order valence-electron chi connectivity index (χ4n) is 2.54. The lowest BCUT2D eigenvalue weighted by Gasteiger charge is -2.32. The van der Waals surface area contributed by atoms with Gasteiger partial charge in [0.05, 0.1) is 6.26 Å². The van der Waals surface area contributed by atoms with Crippen LogP contribution in [0.25, 0.3) is 0 Å². The lowest BCUT2D eigenvalue weighted by atomic mass is 10.0. The van der Waals surface area contributed by atoms with Crippen LogP contribution in [0.4, 0.5) is 5.69 Å². The highest BCUT2D eigenvalue weighted by Gasteiger charge is 2.26. The third-order valence-corrected chi connectivity index (χ3v) is 4.37. The Labute approximate surface area is 131 Å². The summed E-state index contributed by atoms with van der Waals surface area (Å²) in [6, 6.07) is 9.87. The van der Waals surface area contributed by atoms with Crippen LogP contribution < -0.4 is 14.9 Å². The van der Waals surface area contributed by atoms with E-state index in [1.807, 2.05) is 35.2 Å². The largest absolute Gasteiger partial charge is 0.313 e. The van der Waals surface area contributed by atoms with Crippen LogP contribution in [0.15, 0.2) is 30.3 Å². The van der Waals surface area contributed by atoms with Gasteiger partial charge in [-0.15, -0.1) is 0 Å². The molecule has 1 aliphatic heterocycles. The maximum Gasteiger partial charge on any atom is 0.228 e. The van der Waals surface area contributed by atoms with E-state index in [0.717, 1.165) is 18.4 Å². The molecule has 1 atom stereocenters. The molecule has 0 saturated carbocycles. The van der Waals surface area contributed by atoms with Gasteiger partial charge in [-0.2, -0.15) is 0 Å². The molecule has 2 rings (SSSR count). The van der Waals surface area contributed by atoms with Crippen LogP contribution in [0.1, 0.15) is 19.3 Å². The normalized spacial score (nSPS) is 19.4. The van der Waals surface area contributed by atoms with Crippen molar-refractivity contribution in [2.75, 3.05) is 30.8 Å². The highest BCUT2D eigenvalue weighted by Crippen LogP contribution is 2.20. The number of hydrogen-bond acceptors (Lipinski definition) is 4. The molecule has 1 aliphatic rings. The highest BCUT2D eigenvalue weighted by atomic mass is 32.2. The van der Waals surface area contributed by atoms with E-state index in [-0.39, 0.29) is 11.9 Å². The van der Waals surface area contributed by atoms with Crippen LogP contribution in [0.2, 0.25) is 0 Å². The fourth-order valence-corrected chi connectivity index (χ4v) is 3.06. The van der Waals surface area contributed by atoms with E-state index in [9.17, 15) is 13.2 Å². The van der Waals surface area contributed by atoms with Gasteiger partial charge in [-0.05, 0) is 31.5 Å². The van der Waals surface area contributed by atoms with Gasteiger partial charge in [0, 0.05) is 31.2 Å². The molecule has 1 aromatic rings. The summed E-state index contributed by atoms with van der Waals surface area (Å²) in [6.45, 7) is 1.83. The van der Waals surface area contributed by atoms with Crippen molar-refractivity contribution in [3.63, 3.8) is 0 Å². The third-order valence-electron chi connectivity index (χ3n) is 3.64. The van der Waals surface area contributed by atoms with Gasteiger partial charge in [-0.25, -0.2) is 13.1 Å². The second kappa shape index (κ2) is 7.71. The van der Waals surface area contributed by atoms with E-state index in [1.54, 1.807) is 0 Å². The maximum atomic E-state index is 12.2. The summed E-state index contributed by atoms with van der Waals surface area (Å²) in [5.41, 5.74) is 0.948. The molecule has 1 heterocycles. The first-order valence-corrected chi connectivity index (χ1v) is 9.38. The van der Waals surface area contributed by atoms with Crippen molar-refractivity contribution in [2.45, 2.75) is 25.3 Å². The van der Waals surface area contributed by atoms with E-state index < -0.39 is 10.0 Å². The Balaban J connectivity index is 1.71. The van der Waals surface area contributed by atoms with Crippen molar-refractivity contribution < 1.29 is 13.2 Å². The zero-order valence-electron chi connectivity index (χ0n) is 12.8. The summed E-state index contributed by atoms with van der Waals surface area (Å²) in [5.74, 6) is 0.129. The molecular weight excluding hydrogens is 302 g/mol. The van der Waals surface area contributed by atoms with Crippen LogP contribution in [-0.4, -0.2) is 46.3 Å². The number of nitrogens with zero attached hydrogens (tertiary/aromatic N) is 1. The van der Waals surface area contributed by atoms with Crippen LogP contribution in [-0.2, 0) is 14.8 Å². The van der Waals surface area contributed by atoms with Crippen molar-refractivity contribution in [3.05, 3.63) is 30.3 Å². The van der Waals surface area contributed by atoms with Gasteiger partial charge < -0.3 is 10.2 Å². The average molecular weight is 325 g/mol. The van der Waals surface area contributed by atoms with Gasteiger partial charge in [0.25, 0.3) is 0 Å². The van der Waals surface area contributed by atoms with Gasteiger partial charge in [-0.1, -0.05) is 18.2 Å². The number of para-hydroxylation sites is 1. The van der Waals surface area contributed by atoms with Crippen molar-refractivity contribution in [2.24, 2.45) is 0 Å². The molecule has 1 saturated heterocycles. The summed E-state index contributed by atoms with van der Waals surface area (Å²) in [7, 11) is -3.11. The molecule has 0 bridgehead atoms. The molecule has 0 unspecified atom stereocenters. The zero-order valence-corrected chi connectivity index (χ0v) is 13.6. The molecule has 6 nitrogen and oxygen atoms in total. The van der Waals surface area contributed by atoms with E-state index in [4.69, 9.17) is 0 Å². The molecule has 1 aromatic carbocycles. The van der Waals surface area contributed by atoms with E-state index in [0.29, 0.717) is 32.5 Å². The second-order valence-corrected chi connectivity index (χ2v) is 7.38. The number of benzene rings is 1. The Hall–Kier alpha value is -1.44. The van der Waals surface area contributed by atoms with Crippen LogP contribution in [0.5, 0.6) is 0 Å². The summed E-state index contributed by atoms with van der Waals surface area (Å²) in [5, 5.41) is 3.33. The lowest BCUT2D eigenvalue weighted by molar-refractivity contribution is -0.120. The molecule has 1 amide bonds.